The number of carboxylic acid groups (broad SMARTS) is 1. The van der Waals surface area contributed by atoms with Crippen LogP contribution >= 0.6 is 12.4 Å². The van der Waals surface area contributed by atoms with E-state index in [1.807, 2.05) is 0 Å². The van der Waals surface area contributed by atoms with Crippen molar-refractivity contribution in [1.29, 1.82) is 0 Å². The zero-order chi connectivity index (χ0) is 18.6. The minimum Gasteiger partial charge on any atom is -0.481 e. The summed E-state index contributed by atoms with van der Waals surface area (Å²) >= 11 is 0. The molecule has 1 saturated heterocycles. The van der Waals surface area contributed by atoms with E-state index in [9.17, 15) is 4.79 Å². The van der Waals surface area contributed by atoms with Gasteiger partial charge in [0, 0.05) is 19.5 Å². The van der Waals surface area contributed by atoms with E-state index in [-0.39, 0.29) is 24.9 Å². The van der Waals surface area contributed by atoms with Crippen LogP contribution in [-0.2, 0) is 16.0 Å². The Balaban J connectivity index is 0.00000364. The summed E-state index contributed by atoms with van der Waals surface area (Å²) in [6.07, 6.45) is 10.2. The number of halogens is 1. The van der Waals surface area contributed by atoms with Crippen molar-refractivity contribution in [1.82, 2.24) is 4.90 Å². The van der Waals surface area contributed by atoms with Crippen LogP contribution < -0.4 is 0 Å². The predicted molar refractivity (Wildman–Crippen MR) is 113 cm³/mol. The van der Waals surface area contributed by atoms with Gasteiger partial charge in [-0.2, -0.15) is 0 Å². The molecule has 0 aromatic heterocycles. The van der Waals surface area contributed by atoms with Crippen molar-refractivity contribution in [3.05, 3.63) is 35.4 Å². The summed E-state index contributed by atoms with van der Waals surface area (Å²) < 4.78 is 5.94. The lowest BCUT2D eigenvalue weighted by atomic mass is 10.0. The average Bonchev–Trinajstić information content (AvgIpc) is 2.65. The van der Waals surface area contributed by atoms with E-state index in [2.05, 4.69) is 36.1 Å². The SMILES string of the molecule is CCCCCCCCc1ccc(C2CN(CCCC(=O)O)CCO2)cc1.Cl. The van der Waals surface area contributed by atoms with Gasteiger partial charge in [0.15, 0.2) is 0 Å². The average molecular weight is 398 g/mol. The number of aryl methyl sites for hydroxylation is 1. The van der Waals surface area contributed by atoms with Crippen LogP contribution in [0.3, 0.4) is 0 Å². The summed E-state index contributed by atoms with van der Waals surface area (Å²) in [6, 6.07) is 8.90. The first kappa shape index (κ1) is 23.9. The molecule has 1 aromatic carbocycles. The minimum absolute atomic E-state index is 0. The number of unbranched alkanes of at least 4 members (excludes halogenated alkanes) is 5. The molecule has 0 amide bonds. The number of carbonyl (C=O) groups is 1. The Bertz CT molecular complexity index is 521. The van der Waals surface area contributed by atoms with Crippen LogP contribution in [0.15, 0.2) is 24.3 Å². The summed E-state index contributed by atoms with van der Waals surface area (Å²) in [5.74, 6) is -0.712. The zero-order valence-electron chi connectivity index (χ0n) is 16.7. The van der Waals surface area contributed by atoms with Gasteiger partial charge >= 0.3 is 5.97 Å². The monoisotopic (exact) mass is 397 g/mol. The molecule has 154 valence electrons. The van der Waals surface area contributed by atoms with Crippen molar-refractivity contribution in [2.75, 3.05) is 26.2 Å². The molecular weight excluding hydrogens is 362 g/mol. The van der Waals surface area contributed by atoms with Crippen molar-refractivity contribution < 1.29 is 14.6 Å². The van der Waals surface area contributed by atoms with Crippen molar-refractivity contribution in [3.63, 3.8) is 0 Å². The Kier molecular flexibility index (Phi) is 12.4. The van der Waals surface area contributed by atoms with Gasteiger partial charge in [-0.05, 0) is 36.9 Å². The van der Waals surface area contributed by atoms with Gasteiger partial charge in [-0.15, -0.1) is 12.4 Å². The molecule has 0 spiro atoms. The fourth-order valence-corrected chi connectivity index (χ4v) is 3.57. The molecule has 4 nitrogen and oxygen atoms in total. The van der Waals surface area contributed by atoms with Crippen molar-refractivity contribution >= 4 is 18.4 Å². The van der Waals surface area contributed by atoms with Gasteiger partial charge in [-0.25, -0.2) is 0 Å². The lowest BCUT2D eigenvalue weighted by Crippen LogP contribution is -2.39. The van der Waals surface area contributed by atoms with Crippen LogP contribution in [0.2, 0.25) is 0 Å². The van der Waals surface area contributed by atoms with Crippen LogP contribution in [0.5, 0.6) is 0 Å². The smallest absolute Gasteiger partial charge is 0.303 e. The van der Waals surface area contributed by atoms with Crippen molar-refractivity contribution in [2.45, 2.75) is 70.8 Å². The summed E-state index contributed by atoms with van der Waals surface area (Å²) in [5.41, 5.74) is 2.65. The van der Waals surface area contributed by atoms with E-state index in [0.717, 1.165) is 26.2 Å². The van der Waals surface area contributed by atoms with Crippen molar-refractivity contribution in [2.24, 2.45) is 0 Å². The number of aliphatic carboxylic acids is 1. The third-order valence-corrected chi connectivity index (χ3v) is 5.19. The van der Waals surface area contributed by atoms with Gasteiger partial charge in [0.1, 0.15) is 0 Å². The second kappa shape index (κ2) is 14.0. The van der Waals surface area contributed by atoms with Crippen molar-refractivity contribution in [3.8, 4) is 0 Å². The van der Waals surface area contributed by atoms with E-state index in [4.69, 9.17) is 9.84 Å². The maximum atomic E-state index is 10.7. The Morgan fingerprint density at radius 3 is 2.52 bits per heavy atom. The quantitative estimate of drug-likeness (QED) is 0.489. The number of hydrogen-bond donors (Lipinski definition) is 1. The lowest BCUT2D eigenvalue weighted by Gasteiger charge is -2.33. The Hall–Kier alpha value is -1.10. The Morgan fingerprint density at radius 1 is 1.11 bits per heavy atom. The molecule has 1 fully saturated rings. The third kappa shape index (κ3) is 9.59. The lowest BCUT2D eigenvalue weighted by molar-refractivity contribution is -0.137. The molecule has 1 aliphatic rings. The van der Waals surface area contributed by atoms with Gasteiger partial charge in [0.05, 0.1) is 12.7 Å². The number of nitrogens with zero attached hydrogens (tertiary/aromatic N) is 1. The standard InChI is InChI=1S/C22H35NO3.ClH/c1-2-3-4-5-6-7-9-19-11-13-20(14-12-19)21-18-23(16-17-26-21)15-8-10-22(24)25;/h11-14,21H,2-10,15-18H2,1H3,(H,24,25);1H. The highest BCUT2D eigenvalue weighted by Gasteiger charge is 2.21. The summed E-state index contributed by atoms with van der Waals surface area (Å²) in [4.78, 5) is 13.0. The number of rotatable bonds is 12. The predicted octanol–water partition coefficient (Wildman–Crippen LogP) is 5.25. The highest BCUT2D eigenvalue weighted by atomic mass is 35.5. The third-order valence-electron chi connectivity index (χ3n) is 5.19. The molecule has 1 heterocycles. The summed E-state index contributed by atoms with van der Waals surface area (Å²) in [7, 11) is 0. The molecule has 1 aliphatic heterocycles. The van der Waals surface area contributed by atoms with E-state index >= 15 is 0 Å². The topological polar surface area (TPSA) is 49.8 Å². The highest BCUT2D eigenvalue weighted by molar-refractivity contribution is 5.85. The molecule has 1 aromatic rings. The van der Waals surface area contributed by atoms with E-state index in [1.165, 1.54) is 56.1 Å². The normalized spacial score (nSPS) is 17.4. The maximum Gasteiger partial charge on any atom is 0.303 e. The first-order chi connectivity index (χ1) is 12.7. The molecule has 0 saturated carbocycles. The zero-order valence-corrected chi connectivity index (χ0v) is 17.5. The molecular formula is C22H36ClNO3. The van der Waals surface area contributed by atoms with Gasteiger partial charge in [-0.1, -0.05) is 63.3 Å². The molecule has 0 aliphatic carbocycles. The number of hydrogen-bond acceptors (Lipinski definition) is 3. The number of ether oxygens (including phenoxy) is 1. The van der Waals surface area contributed by atoms with Crippen LogP contribution in [0.4, 0.5) is 0 Å². The van der Waals surface area contributed by atoms with Crippen LogP contribution in [0.25, 0.3) is 0 Å². The molecule has 1 N–H and O–H groups in total. The first-order valence-corrected chi connectivity index (χ1v) is 10.3. The molecule has 27 heavy (non-hydrogen) atoms. The fraction of sp³-hybridized carbons (Fsp3) is 0.682. The largest absolute Gasteiger partial charge is 0.481 e. The second-order valence-electron chi connectivity index (χ2n) is 7.42. The Morgan fingerprint density at radius 2 is 1.81 bits per heavy atom. The minimum atomic E-state index is -0.712. The fourth-order valence-electron chi connectivity index (χ4n) is 3.57. The van der Waals surface area contributed by atoms with E-state index in [1.54, 1.807) is 0 Å². The van der Waals surface area contributed by atoms with Gasteiger partial charge in [0.2, 0.25) is 0 Å². The van der Waals surface area contributed by atoms with Crippen LogP contribution in [-0.4, -0.2) is 42.2 Å². The number of morpholine rings is 1. The summed E-state index contributed by atoms with van der Waals surface area (Å²) in [6.45, 7) is 5.56. The molecule has 0 radical (unpaired) electrons. The van der Waals surface area contributed by atoms with Crippen LogP contribution in [0, 0.1) is 0 Å². The molecule has 0 bridgehead atoms. The maximum absolute atomic E-state index is 10.7. The number of benzene rings is 1. The van der Waals surface area contributed by atoms with E-state index in [0.29, 0.717) is 6.42 Å². The Labute approximate surface area is 170 Å². The van der Waals surface area contributed by atoms with E-state index < -0.39 is 5.97 Å². The van der Waals surface area contributed by atoms with Gasteiger partial charge in [0.25, 0.3) is 0 Å². The molecule has 2 rings (SSSR count). The first-order valence-electron chi connectivity index (χ1n) is 10.3. The molecule has 1 unspecified atom stereocenters. The van der Waals surface area contributed by atoms with Gasteiger partial charge in [-0.3, -0.25) is 9.69 Å². The molecule has 5 heteroatoms. The number of carboxylic acids is 1. The second-order valence-corrected chi connectivity index (χ2v) is 7.42. The summed E-state index contributed by atoms with van der Waals surface area (Å²) in [5, 5.41) is 8.77. The highest BCUT2D eigenvalue weighted by Crippen LogP contribution is 2.23. The van der Waals surface area contributed by atoms with Gasteiger partial charge < -0.3 is 9.84 Å². The molecule has 1 atom stereocenters. The van der Waals surface area contributed by atoms with Crippen LogP contribution in [0.1, 0.15) is 75.5 Å².